The average Bonchev–Trinajstić information content (AvgIpc) is 3.29. The third kappa shape index (κ3) is 8.42. The number of amides is 3. The lowest BCUT2D eigenvalue weighted by Gasteiger charge is -2.37. The van der Waals surface area contributed by atoms with E-state index in [0.717, 1.165) is 5.56 Å². The van der Waals surface area contributed by atoms with Gasteiger partial charge in [0.25, 0.3) is 0 Å². The van der Waals surface area contributed by atoms with E-state index >= 15 is 0 Å². The van der Waals surface area contributed by atoms with Crippen LogP contribution in [0.5, 0.6) is 0 Å². The van der Waals surface area contributed by atoms with Crippen LogP contribution in [-0.4, -0.2) is 71.9 Å². The normalized spacial score (nSPS) is 18.4. The van der Waals surface area contributed by atoms with Crippen molar-refractivity contribution in [1.29, 1.82) is 5.41 Å². The van der Waals surface area contributed by atoms with Crippen LogP contribution in [0.1, 0.15) is 52.0 Å². The van der Waals surface area contributed by atoms with Gasteiger partial charge in [-0.05, 0) is 44.1 Å². The van der Waals surface area contributed by atoms with E-state index in [9.17, 15) is 23.6 Å². The minimum atomic E-state index is -1.29. The Kier molecular flexibility index (Phi) is 11.5. The van der Waals surface area contributed by atoms with Gasteiger partial charge in [0.15, 0.2) is 11.7 Å². The summed E-state index contributed by atoms with van der Waals surface area (Å²) in [5.74, 6) is -2.31. The summed E-state index contributed by atoms with van der Waals surface area (Å²) in [5.41, 5.74) is 4.76. The number of nitrogens with two attached hydrogens (primary N) is 1. The molecule has 2 rings (SSSR count). The van der Waals surface area contributed by atoms with Gasteiger partial charge in [-0.3, -0.25) is 19.8 Å². The van der Waals surface area contributed by atoms with Gasteiger partial charge in [-0.1, -0.05) is 44.2 Å². The number of hydrogen-bond acceptors (Lipinski definition) is 6. The number of rotatable bonds is 13. The average molecular weight is 535 g/mol. The molecule has 6 N–H and O–H groups in total. The van der Waals surface area contributed by atoms with Gasteiger partial charge in [0, 0.05) is 13.1 Å². The van der Waals surface area contributed by atoms with Crippen LogP contribution >= 0.6 is 0 Å². The van der Waals surface area contributed by atoms with E-state index in [2.05, 4.69) is 16.0 Å². The number of carbonyl (C=O) groups is 4. The highest BCUT2D eigenvalue weighted by molar-refractivity contribution is 5.97. The molecule has 0 aliphatic carbocycles. The summed E-state index contributed by atoms with van der Waals surface area (Å²) >= 11 is 0. The third-order valence-electron chi connectivity index (χ3n) is 6.63. The largest absolute Gasteiger partial charge is 0.445 e. The summed E-state index contributed by atoms with van der Waals surface area (Å²) in [7, 11) is 0. The van der Waals surface area contributed by atoms with Crippen LogP contribution in [0.4, 0.5) is 9.18 Å². The molecule has 3 atom stereocenters. The monoisotopic (exact) mass is 534 g/mol. The molecule has 0 bridgehead atoms. The van der Waals surface area contributed by atoms with E-state index in [-0.39, 0.29) is 38.0 Å². The van der Waals surface area contributed by atoms with Crippen LogP contribution < -0.4 is 21.7 Å². The third-order valence-corrected chi connectivity index (χ3v) is 6.63. The van der Waals surface area contributed by atoms with Crippen molar-refractivity contribution in [2.45, 2.75) is 70.7 Å². The molecule has 1 saturated heterocycles. The highest BCUT2D eigenvalue weighted by atomic mass is 19.1. The Morgan fingerprint density at radius 2 is 1.87 bits per heavy atom. The number of benzene rings is 1. The number of Topliss-reactive ketones (excluding diaryl/α,β-unsaturated/α-hetero) is 1. The molecule has 0 spiro atoms. The van der Waals surface area contributed by atoms with Gasteiger partial charge in [0.05, 0.1) is 6.04 Å². The van der Waals surface area contributed by atoms with Crippen molar-refractivity contribution in [3.05, 3.63) is 35.9 Å². The van der Waals surface area contributed by atoms with Crippen LogP contribution in [0.25, 0.3) is 0 Å². The SMILES string of the molecule is CC(C)[C@H](NC(=O)OCc1ccccc1)C(=O)N1CCC[C@@]1(C)C(=O)N[C@@H](CCCNC(=N)N)C(=O)CF. The lowest BCUT2D eigenvalue weighted by Crippen LogP contribution is -2.62. The molecule has 0 aromatic heterocycles. The fourth-order valence-corrected chi connectivity index (χ4v) is 4.38. The summed E-state index contributed by atoms with van der Waals surface area (Å²) < 4.78 is 18.5. The van der Waals surface area contributed by atoms with Gasteiger partial charge in [0.1, 0.15) is 24.9 Å². The summed E-state index contributed by atoms with van der Waals surface area (Å²) in [5, 5.41) is 15.0. The van der Waals surface area contributed by atoms with E-state index in [1.54, 1.807) is 20.8 Å². The molecule has 0 radical (unpaired) electrons. The maximum atomic E-state index is 13.6. The second kappa shape index (κ2) is 14.3. The van der Waals surface area contributed by atoms with Crippen molar-refractivity contribution in [3.63, 3.8) is 0 Å². The van der Waals surface area contributed by atoms with E-state index in [1.165, 1.54) is 4.90 Å². The lowest BCUT2D eigenvalue weighted by atomic mass is 9.94. The number of alkyl carbamates (subject to hydrolysis) is 1. The standard InChI is InChI=1S/C26H39FN6O5/c1-17(2)21(32-25(37)38-16-18-9-5-4-6-10-18)22(35)33-14-8-12-26(33,3)23(36)31-19(20(34)15-27)11-7-13-30-24(28)29/h4-6,9-10,17,19,21H,7-8,11-16H2,1-3H3,(H,31,36)(H,32,37)(H4,28,29,30)/t19-,21-,26-/m0/s1. The molecule has 1 aromatic rings. The highest BCUT2D eigenvalue weighted by Crippen LogP contribution is 2.31. The maximum Gasteiger partial charge on any atom is 0.408 e. The minimum Gasteiger partial charge on any atom is -0.445 e. The molecule has 0 unspecified atom stereocenters. The minimum absolute atomic E-state index is 0.0431. The molecule has 1 aliphatic rings. The molecule has 11 nitrogen and oxygen atoms in total. The summed E-state index contributed by atoms with van der Waals surface area (Å²) in [4.78, 5) is 53.0. The number of guanidine groups is 1. The van der Waals surface area contributed by atoms with Gasteiger partial charge >= 0.3 is 6.09 Å². The fourth-order valence-electron chi connectivity index (χ4n) is 4.38. The second-order valence-electron chi connectivity index (χ2n) is 9.90. The Balaban J connectivity index is 2.08. The molecule has 12 heteroatoms. The van der Waals surface area contributed by atoms with Crippen LogP contribution in [-0.2, 0) is 25.7 Å². The molecule has 1 aliphatic heterocycles. The first-order valence-electron chi connectivity index (χ1n) is 12.8. The van der Waals surface area contributed by atoms with E-state index in [0.29, 0.717) is 19.3 Å². The first kappa shape index (κ1) is 30.5. The predicted molar refractivity (Wildman–Crippen MR) is 140 cm³/mol. The summed E-state index contributed by atoms with van der Waals surface area (Å²) in [6.07, 6.45) is 0.640. The van der Waals surface area contributed by atoms with Gasteiger partial charge < -0.3 is 31.3 Å². The maximum absolute atomic E-state index is 13.6. The molecule has 1 fully saturated rings. The molecule has 38 heavy (non-hydrogen) atoms. The number of ether oxygens (including phenoxy) is 1. The predicted octanol–water partition coefficient (Wildman–Crippen LogP) is 1.61. The van der Waals surface area contributed by atoms with Crippen molar-refractivity contribution >= 4 is 29.7 Å². The number of nitrogens with zero attached hydrogens (tertiary/aromatic N) is 1. The van der Waals surface area contributed by atoms with E-state index in [4.69, 9.17) is 15.9 Å². The van der Waals surface area contributed by atoms with Crippen molar-refractivity contribution in [1.82, 2.24) is 20.9 Å². The van der Waals surface area contributed by atoms with Crippen molar-refractivity contribution in [3.8, 4) is 0 Å². The number of nitrogens with one attached hydrogen (secondary N) is 4. The molecular formula is C26H39FN6O5. The number of carbonyl (C=O) groups excluding carboxylic acids is 4. The molecule has 1 aromatic carbocycles. The lowest BCUT2D eigenvalue weighted by molar-refractivity contribution is -0.147. The Hall–Kier alpha value is -3.70. The Morgan fingerprint density at radius 1 is 1.18 bits per heavy atom. The van der Waals surface area contributed by atoms with Crippen molar-refractivity contribution < 1.29 is 28.3 Å². The van der Waals surface area contributed by atoms with E-state index < -0.39 is 48.0 Å². The fraction of sp³-hybridized carbons (Fsp3) is 0.577. The van der Waals surface area contributed by atoms with Crippen LogP contribution in [0.15, 0.2) is 30.3 Å². The van der Waals surface area contributed by atoms with Crippen LogP contribution in [0.3, 0.4) is 0 Å². The Morgan fingerprint density at radius 3 is 2.47 bits per heavy atom. The van der Waals surface area contributed by atoms with Gasteiger partial charge in [-0.25, -0.2) is 9.18 Å². The molecule has 210 valence electrons. The van der Waals surface area contributed by atoms with Gasteiger partial charge in [0.2, 0.25) is 11.8 Å². The number of hydrogen-bond donors (Lipinski definition) is 5. The first-order chi connectivity index (χ1) is 18.0. The number of alkyl halides is 1. The van der Waals surface area contributed by atoms with Gasteiger partial charge in [-0.2, -0.15) is 0 Å². The molecule has 0 saturated carbocycles. The summed E-state index contributed by atoms with van der Waals surface area (Å²) in [6, 6.07) is 7.10. The van der Waals surface area contributed by atoms with Crippen LogP contribution in [0.2, 0.25) is 0 Å². The number of ketones is 1. The van der Waals surface area contributed by atoms with Crippen LogP contribution in [0, 0.1) is 11.3 Å². The van der Waals surface area contributed by atoms with Crippen molar-refractivity contribution in [2.75, 3.05) is 19.8 Å². The number of halogens is 1. The topological polar surface area (TPSA) is 167 Å². The highest BCUT2D eigenvalue weighted by Gasteiger charge is 2.48. The van der Waals surface area contributed by atoms with E-state index in [1.807, 2.05) is 30.3 Å². The summed E-state index contributed by atoms with van der Waals surface area (Å²) in [6.45, 7) is 4.53. The smallest absolute Gasteiger partial charge is 0.408 e. The Labute approximate surface area is 222 Å². The number of likely N-dealkylation sites (tertiary alicyclic amines) is 1. The molecule has 1 heterocycles. The van der Waals surface area contributed by atoms with Crippen molar-refractivity contribution in [2.24, 2.45) is 11.7 Å². The molecule has 3 amide bonds. The Bertz CT molecular complexity index is 992. The zero-order chi connectivity index (χ0) is 28.3. The van der Waals surface area contributed by atoms with Gasteiger partial charge in [-0.15, -0.1) is 0 Å². The first-order valence-corrected chi connectivity index (χ1v) is 12.8. The second-order valence-corrected chi connectivity index (χ2v) is 9.90. The molecular weight excluding hydrogens is 495 g/mol. The quantitative estimate of drug-likeness (QED) is 0.146. The zero-order valence-electron chi connectivity index (χ0n) is 22.2. The zero-order valence-corrected chi connectivity index (χ0v) is 22.2.